The summed E-state index contributed by atoms with van der Waals surface area (Å²) in [7, 11) is -3.84. The number of rotatable bonds is 9. The van der Waals surface area contributed by atoms with Crippen molar-refractivity contribution in [1.29, 1.82) is 0 Å². The molecule has 2 heterocycles. The molecule has 2 aromatic carbocycles. The highest BCUT2D eigenvalue weighted by Crippen LogP contribution is 2.37. The Hall–Kier alpha value is -3.58. The molecule has 1 aliphatic rings. The van der Waals surface area contributed by atoms with Crippen LogP contribution in [0, 0.1) is 0 Å². The molecule has 0 radical (unpaired) electrons. The molecule has 4 rings (SSSR count). The van der Waals surface area contributed by atoms with Crippen molar-refractivity contribution in [3.8, 4) is 0 Å². The molecule has 1 aromatic heterocycles. The number of likely N-dealkylation sites (N-methyl/N-ethyl adjacent to an activating group) is 1. The third kappa shape index (κ3) is 6.41. The van der Waals surface area contributed by atoms with Crippen molar-refractivity contribution in [2.75, 3.05) is 18.4 Å². The van der Waals surface area contributed by atoms with E-state index in [0.29, 0.717) is 18.0 Å². The molecule has 0 saturated carbocycles. The second kappa shape index (κ2) is 12.3. The normalized spacial score (nSPS) is 13.7. The fourth-order valence-electron chi connectivity index (χ4n) is 4.63. The lowest BCUT2D eigenvalue weighted by Crippen LogP contribution is -2.36. The maximum absolute atomic E-state index is 13.5. The number of imide groups is 1. The van der Waals surface area contributed by atoms with Crippen molar-refractivity contribution in [2.45, 2.75) is 51.2 Å². The van der Waals surface area contributed by atoms with Crippen LogP contribution in [0.2, 0.25) is 0 Å². The summed E-state index contributed by atoms with van der Waals surface area (Å²) in [6, 6.07) is 13.8. The van der Waals surface area contributed by atoms with Gasteiger partial charge in [0.15, 0.2) is 0 Å². The Kier molecular flexibility index (Phi) is 9.04. The van der Waals surface area contributed by atoms with Crippen LogP contribution in [0.25, 0.3) is 0 Å². The summed E-state index contributed by atoms with van der Waals surface area (Å²) < 4.78 is 28.3. The van der Waals surface area contributed by atoms with Crippen LogP contribution in [0.5, 0.6) is 0 Å². The van der Waals surface area contributed by atoms with E-state index in [1.807, 2.05) is 51.1 Å². The van der Waals surface area contributed by atoms with Crippen molar-refractivity contribution < 1.29 is 22.8 Å². The summed E-state index contributed by atoms with van der Waals surface area (Å²) in [5, 5.41) is 5.21. The van der Waals surface area contributed by atoms with Crippen LogP contribution in [-0.2, 0) is 29.5 Å². The van der Waals surface area contributed by atoms with Crippen molar-refractivity contribution in [3.63, 3.8) is 0 Å². The van der Waals surface area contributed by atoms with E-state index in [9.17, 15) is 22.8 Å². The Bertz CT molecular complexity index is 1500. The summed E-state index contributed by atoms with van der Waals surface area (Å²) in [5.41, 5.74) is 7.29. The number of nitrogens with zero attached hydrogens (tertiary/aromatic N) is 2. The number of hydrogen-bond acceptors (Lipinski definition) is 7. The minimum absolute atomic E-state index is 0.0708. The summed E-state index contributed by atoms with van der Waals surface area (Å²) in [5.74, 6) is -1.17. The van der Waals surface area contributed by atoms with Crippen molar-refractivity contribution >= 4 is 44.2 Å². The van der Waals surface area contributed by atoms with Gasteiger partial charge in [0, 0.05) is 36.1 Å². The Morgan fingerprint density at radius 1 is 1.05 bits per heavy atom. The number of thiophene rings is 1. The molecule has 0 aliphatic carbocycles. The first-order valence-corrected chi connectivity index (χ1v) is 15.2. The maximum Gasteiger partial charge on any atom is 0.319 e. The van der Waals surface area contributed by atoms with Gasteiger partial charge < -0.3 is 11.1 Å². The van der Waals surface area contributed by atoms with E-state index < -0.39 is 27.9 Å². The minimum Gasteiger partial charge on any atom is -0.351 e. The number of nitrogens with two attached hydrogens (primary N) is 1. The second-order valence-electron chi connectivity index (χ2n) is 9.75. The molecule has 4 amide bonds. The average molecular weight is 584 g/mol. The van der Waals surface area contributed by atoms with Crippen LogP contribution >= 0.6 is 11.3 Å². The van der Waals surface area contributed by atoms with Gasteiger partial charge in [-0.3, -0.25) is 19.8 Å². The van der Waals surface area contributed by atoms with Crippen LogP contribution < -0.4 is 16.4 Å². The number of urea groups is 1. The van der Waals surface area contributed by atoms with Gasteiger partial charge in [0.05, 0.1) is 10.5 Å². The van der Waals surface area contributed by atoms with E-state index in [4.69, 9.17) is 5.73 Å². The number of amides is 4. The number of primary amides is 1. The highest BCUT2D eigenvalue weighted by molar-refractivity contribution is 7.89. The third-order valence-electron chi connectivity index (χ3n) is 6.75. The standard InChI is InChI=1S/C28H33N5O5S2/c1-4-32-15-14-22-23(17-32)39-27(24(22)26(35)31-28(29)36)30-25(34)20-10-12-21(13-11-20)40(37,38)33(18(2)3)16-19-8-6-5-7-9-19/h5-13,18H,4,14-17H2,1-3H3,(H,30,34)(H3,29,31,35,36). The lowest BCUT2D eigenvalue weighted by atomic mass is 10.0. The van der Waals surface area contributed by atoms with Gasteiger partial charge in [0.2, 0.25) is 10.0 Å². The molecule has 3 aromatic rings. The molecule has 212 valence electrons. The van der Waals surface area contributed by atoms with E-state index in [2.05, 4.69) is 15.5 Å². The van der Waals surface area contributed by atoms with Crippen LogP contribution in [0.4, 0.5) is 9.80 Å². The number of anilines is 1. The fraction of sp³-hybridized carbons (Fsp3) is 0.321. The molecule has 4 N–H and O–H groups in total. The van der Waals surface area contributed by atoms with E-state index in [1.54, 1.807) is 0 Å². The molecular weight excluding hydrogens is 550 g/mol. The predicted molar refractivity (Wildman–Crippen MR) is 155 cm³/mol. The number of carbonyl (C=O) groups is 3. The molecule has 0 spiro atoms. The third-order valence-corrected chi connectivity index (χ3v) is 9.92. The van der Waals surface area contributed by atoms with Crippen molar-refractivity contribution in [1.82, 2.24) is 14.5 Å². The molecule has 12 heteroatoms. The Morgan fingerprint density at radius 3 is 2.33 bits per heavy atom. The SMILES string of the molecule is CCN1CCc2c(sc(NC(=O)c3ccc(S(=O)(=O)N(Cc4ccccc4)C(C)C)cc3)c2C(=O)NC(N)=O)C1. The Labute approximate surface area is 238 Å². The fourth-order valence-corrected chi connectivity index (χ4v) is 7.53. The first-order valence-electron chi connectivity index (χ1n) is 13.0. The zero-order valence-electron chi connectivity index (χ0n) is 22.6. The number of hydrogen-bond donors (Lipinski definition) is 3. The quantitative estimate of drug-likeness (QED) is 0.350. The number of fused-ring (bicyclic) bond motifs is 1. The summed E-state index contributed by atoms with van der Waals surface area (Å²) >= 11 is 1.29. The molecule has 0 bridgehead atoms. The summed E-state index contributed by atoms with van der Waals surface area (Å²) in [6.45, 7) is 8.12. The number of nitrogens with one attached hydrogen (secondary N) is 2. The highest BCUT2D eigenvalue weighted by atomic mass is 32.2. The van der Waals surface area contributed by atoms with Gasteiger partial charge in [-0.05, 0) is 62.2 Å². The molecule has 0 saturated heterocycles. The van der Waals surface area contributed by atoms with Crippen molar-refractivity contribution in [3.05, 3.63) is 81.7 Å². The Morgan fingerprint density at radius 2 is 1.73 bits per heavy atom. The number of carbonyl (C=O) groups excluding carboxylic acids is 3. The first kappa shape index (κ1) is 29.4. The van der Waals surface area contributed by atoms with Gasteiger partial charge >= 0.3 is 6.03 Å². The van der Waals surface area contributed by atoms with Crippen LogP contribution in [0.15, 0.2) is 59.5 Å². The zero-order chi connectivity index (χ0) is 29.0. The van der Waals surface area contributed by atoms with Gasteiger partial charge in [-0.2, -0.15) is 4.31 Å². The number of sulfonamides is 1. The van der Waals surface area contributed by atoms with Gasteiger partial charge in [-0.15, -0.1) is 11.3 Å². The largest absolute Gasteiger partial charge is 0.351 e. The average Bonchev–Trinajstić information content (AvgIpc) is 3.28. The van der Waals surface area contributed by atoms with Crippen LogP contribution in [-0.4, -0.2) is 54.6 Å². The monoisotopic (exact) mass is 583 g/mol. The molecule has 40 heavy (non-hydrogen) atoms. The molecule has 0 atom stereocenters. The zero-order valence-corrected chi connectivity index (χ0v) is 24.3. The van der Waals surface area contributed by atoms with Gasteiger partial charge in [0.1, 0.15) is 5.00 Å². The maximum atomic E-state index is 13.5. The van der Waals surface area contributed by atoms with Gasteiger partial charge in [0.25, 0.3) is 11.8 Å². The molecular formula is C28H33N5O5S2. The van der Waals surface area contributed by atoms with Crippen molar-refractivity contribution in [2.24, 2.45) is 5.73 Å². The van der Waals surface area contributed by atoms with Crippen LogP contribution in [0.1, 0.15) is 57.5 Å². The predicted octanol–water partition coefficient (Wildman–Crippen LogP) is 3.79. The molecule has 0 fully saturated rings. The highest BCUT2D eigenvalue weighted by Gasteiger charge is 2.30. The van der Waals surface area contributed by atoms with E-state index in [0.717, 1.165) is 29.1 Å². The smallest absolute Gasteiger partial charge is 0.319 e. The molecule has 0 unspecified atom stereocenters. The van der Waals surface area contributed by atoms with Gasteiger partial charge in [-0.25, -0.2) is 13.2 Å². The van der Waals surface area contributed by atoms with E-state index >= 15 is 0 Å². The minimum atomic E-state index is -3.84. The van der Waals surface area contributed by atoms with Crippen LogP contribution in [0.3, 0.4) is 0 Å². The topological polar surface area (TPSA) is 142 Å². The van der Waals surface area contributed by atoms with E-state index in [-0.39, 0.29) is 28.6 Å². The lowest BCUT2D eigenvalue weighted by molar-refractivity contribution is 0.0965. The second-order valence-corrected chi connectivity index (χ2v) is 12.7. The molecule has 10 nitrogen and oxygen atoms in total. The summed E-state index contributed by atoms with van der Waals surface area (Å²) in [6.07, 6.45) is 0.596. The molecule has 1 aliphatic heterocycles. The summed E-state index contributed by atoms with van der Waals surface area (Å²) in [4.78, 5) is 40.6. The number of benzene rings is 2. The van der Waals surface area contributed by atoms with E-state index in [1.165, 1.54) is 39.9 Å². The lowest BCUT2D eigenvalue weighted by Gasteiger charge is -2.26. The first-order chi connectivity index (χ1) is 19.0. The Balaban J connectivity index is 1.57. The van der Waals surface area contributed by atoms with Gasteiger partial charge in [-0.1, -0.05) is 37.3 Å².